The van der Waals surface area contributed by atoms with Gasteiger partial charge in [-0.25, -0.2) is 8.42 Å². The number of likely N-dealkylation sites (N-methyl/N-ethyl adjacent to an activating group) is 1. The van der Waals surface area contributed by atoms with E-state index in [4.69, 9.17) is 4.74 Å². The van der Waals surface area contributed by atoms with Gasteiger partial charge in [0.05, 0.1) is 6.61 Å². The van der Waals surface area contributed by atoms with E-state index in [1.165, 1.54) is 4.31 Å². The molecule has 1 aromatic heterocycles. The highest BCUT2D eigenvalue weighted by Gasteiger charge is 2.23. The zero-order valence-corrected chi connectivity index (χ0v) is 14.4. The van der Waals surface area contributed by atoms with Crippen molar-refractivity contribution in [3.8, 4) is 0 Å². The first-order valence-corrected chi connectivity index (χ1v) is 8.65. The number of hydrogen-bond donors (Lipinski definition) is 1. The Hall–Kier alpha value is -0.890. The van der Waals surface area contributed by atoms with Gasteiger partial charge in [0.15, 0.2) is 0 Å². The minimum Gasteiger partial charge on any atom is -0.383 e. The lowest BCUT2D eigenvalue weighted by Crippen LogP contribution is -2.29. The van der Waals surface area contributed by atoms with Crippen molar-refractivity contribution in [2.45, 2.75) is 38.3 Å². The van der Waals surface area contributed by atoms with E-state index in [9.17, 15) is 8.42 Å². The van der Waals surface area contributed by atoms with E-state index in [-0.39, 0.29) is 6.04 Å². The number of sulfonamides is 1. The number of methoxy groups -OCH3 is 1. The lowest BCUT2D eigenvalue weighted by atomic mass is 10.3. The first-order chi connectivity index (χ1) is 9.84. The van der Waals surface area contributed by atoms with Crippen molar-refractivity contribution in [2.24, 2.45) is 0 Å². The van der Waals surface area contributed by atoms with Crippen LogP contribution in [0, 0.1) is 0 Å². The van der Waals surface area contributed by atoms with Crippen LogP contribution in [-0.2, 0) is 21.3 Å². The Morgan fingerprint density at radius 2 is 2.10 bits per heavy atom. The second-order valence-corrected chi connectivity index (χ2v) is 7.31. The van der Waals surface area contributed by atoms with Gasteiger partial charge in [-0.05, 0) is 26.5 Å². The van der Waals surface area contributed by atoms with Crippen LogP contribution in [0.25, 0.3) is 0 Å². The molecular weight excluding hydrogens is 290 g/mol. The highest BCUT2D eigenvalue weighted by Crippen LogP contribution is 2.21. The predicted octanol–water partition coefficient (Wildman–Crippen LogP) is 1.45. The molecule has 0 spiro atoms. The van der Waals surface area contributed by atoms with Gasteiger partial charge in [-0.2, -0.15) is 4.31 Å². The SMILES string of the molecule is CCNCc1cc(S(=O)(=O)N(C)CCOC)cn1C(C)C. The van der Waals surface area contributed by atoms with Crippen LogP contribution in [0.4, 0.5) is 0 Å². The number of aromatic nitrogens is 1. The Balaban J connectivity index is 3.06. The molecule has 122 valence electrons. The molecule has 0 aliphatic heterocycles. The lowest BCUT2D eigenvalue weighted by Gasteiger charge is -2.15. The summed E-state index contributed by atoms with van der Waals surface area (Å²) in [5.41, 5.74) is 0.977. The third kappa shape index (κ3) is 4.54. The van der Waals surface area contributed by atoms with Gasteiger partial charge in [0, 0.05) is 45.2 Å². The van der Waals surface area contributed by atoms with Crippen LogP contribution < -0.4 is 5.32 Å². The molecule has 0 radical (unpaired) electrons. The predicted molar refractivity (Wildman–Crippen MR) is 83.9 cm³/mol. The van der Waals surface area contributed by atoms with Crippen molar-refractivity contribution in [1.82, 2.24) is 14.2 Å². The molecule has 0 bridgehead atoms. The van der Waals surface area contributed by atoms with Crippen molar-refractivity contribution < 1.29 is 13.2 Å². The van der Waals surface area contributed by atoms with Crippen LogP contribution >= 0.6 is 0 Å². The van der Waals surface area contributed by atoms with Crippen molar-refractivity contribution in [3.63, 3.8) is 0 Å². The van der Waals surface area contributed by atoms with Gasteiger partial charge in [0.2, 0.25) is 10.0 Å². The van der Waals surface area contributed by atoms with Crippen molar-refractivity contribution in [3.05, 3.63) is 18.0 Å². The van der Waals surface area contributed by atoms with Crippen LogP contribution in [0.1, 0.15) is 32.5 Å². The molecule has 6 nitrogen and oxygen atoms in total. The highest BCUT2D eigenvalue weighted by atomic mass is 32.2. The fourth-order valence-corrected chi connectivity index (χ4v) is 3.24. The first-order valence-electron chi connectivity index (χ1n) is 7.21. The van der Waals surface area contributed by atoms with Crippen molar-refractivity contribution >= 4 is 10.0 Å². The maximum absolute atomic E-state index is 12.5. The third-order valence-corrected chi connectivity index (χ3v) is 5.16. The maximum Gasteiger partial charge on any atom is 0.244 e. The Morgan fingerprint density at radius 1 is 1.43 bits per heavy atom. The summed E-state index contributed by atoms with van der Waals surface area (Å²) in [5.74, 6) is 0. The van der Waals surface area contributed by atoms with Crippen molar-refractivity contribution in [1.29, 1.82) is 0 Å². The minimum absolute atomic E-state index is 0.215. The summed E-state index contributed by atoms with van der Waals surface area (Å²) in [7, 11) is -0.333. The second kappa shape index (κ2) is 7.93. The number of nitrogens with one attached hydrogen (secondary N) is 1. The van der Waals surface area contributed by atoms with E-state index in [2.05, 4.69) is 5.32 Å². The zero-order chi connectivity index (χ0) is 16.0. The maximum atomic E-state index is 12.5. The highest BCUT2D eigenvalue weighted by molar-refractivity contribution is 7.89. The molecule has 1 heterocycles. The molecule has 1 aromatic rings. The average Bonchev–Trinajstić information content (AvgIpc) is 2.87. The summed E-state index contributed by atoms with van der Waals surface area (Å²) < 4.78 is 33.3. The number of ether oxygens (including phenoxy) is 1. The fraction of sp³-hybridized carbons (Fsp3) is 0.714. The Bertz CT molecular complexity index is 538. The van der Waals surface area contributed by atoms with Gasteiger partial charge in [-0.15, -0.1) is 0 Å². The van der Waals surface area contributed by atoms with Crippen LogP contribution in [0.3, 0.4) is 0 Å². The smallest absolute Gasteiger partial charge is 0.244 e. The van der Waals surface area contributed by atoms with E-state index in [0.29, 0.717) is 24.6 Å². The van der Waals surface area contributed by atoms with Gasteiger partial charge in [-0.3, -0.25) is 0 Å². The quantitative estimate of drug-likeness (QED) is 0.749. The average molecular weight is 317 g/mol. The van der Waals surface area contributed by atoms with E-state index in [1.807, 2.05) is 25.3 Å². The standard InChI is InChI=1S/C14H27N3O3S/c1-6-15-10-13-9-14(11-17(13)12(2)3)21(18,19)16(4)7-8-20-5/h9,11-12,15H,6-8,10H2,1-5H3. The summed E-state index contributed by atoms with van der Waals surface area (Å²) in [6.45, 7) is 8.34. The van der Waals surface area contributed by atoms with E-state index >= 15 is 0 Å². The van der Waals surface area contributed by atoms with E-state index < -0.39 is 10.0 Å². The normalized spacial score (nSPS) is 12.5. The molecule has 0 aliphatic rings. The molecule has 0 atom stereocenters. The molecule has 7 heteroatoms. The Kier molecular flexibility index (Phi) is 6.86. The molecule has 1 rings (SSSR count). The Morgan fingerprint density at radius 3 is 2.62 bits per heavy atom. The second-order valence-electron chi connectivity index (χ2n) is 5.27. The summed E-state index contributed by atoms with van der Waals surface area (Å²) >= 11 is 0. The van der Waals surface area contributed by atoms with Gasteiger partial charge in [0.1, 0.15) is 4.90 Å². The molecule has 21 heavy (non-hydrogen) atoms. The number of hydrogen-bond acceptors (Lipinski definition) is 4. The van der Waals surface area contributed by atoms with E-state index in [1.54, 1.807) is 26.4 Å². The summed E-state index contributed by atoms with van der Waals surface area (Å²) in [6.07, 6.45) is 1.72. The van der Waals surface area contributed by atoms with Crippen LogP contribution in [-0.4, -0.2) is 51.1 Å². The molecule has 0 fully saturated rings. The molecule has 0 aliphatic carbocycles. The minimum atomic E-state index is -3.47. The third-order valence-electron chi connectivity index (χ3n) is 3.34. The molecule has 0 amide bonds. The molecular formula is C14H27N3O3S. The molecule has 0 aromatic carbocycles. The van der Waals surface area contributed by atoms with Crippen LogP contribution in [0.15, 0.2) is 17.2 Å². The number of nitrogens with zero attached hydrogens (tertiary/aromatic N) is 2. The Labute approximate surface area is 128 Å². The first kappa shape index (κ1) is 18.2. The van der Waals surface area contributed by atoms with Gasteiger partial charge >= 0.3 is 0 Å². The summed E-state index contributed by atoms with van der Waals surface area (Å²) in [4.78, 5) is 0.336. The van der Waals surface area contributed by atoms with Gasteiger partial charge < -0.3 is 14.6 Å². The largest absolute Gasteiger partial charge is 0.383 e. The van der Waals surface area contributed by atoms with Gasteiger partial charge in [0.25, 0.3) is 0 Å². The van der Waals surface area contributed by atoms with Crippen molar-refractivity contribution in [2.75, 3.05) is 33.9 Å². The summed E-state index contributed by atoms with van der Waals surface area (Å²) in [5, 5.41) is 3.24. The van der Waals surface area contributed by atoms with Crippen LogP contribution in [0.2, 0.25) is 0 Å². The molecule has 0 saturated heterocycles. The van der Waals surface area contributed by atoms with E-state index in [0.717, 1.165) is 12.2 Å². The number of rotatable bonds is 9. The molecule has 1 N–H and O–H groups in total. The van der Waals surface area contributed by atoms with Gasteiger partial charge in [-0.1, -0.05) is 6.92 Å². The fourth-order valence-electron chi connectivity index (χ4n) is 2.03. The van der Waals surface area contributed by atoms with Crippen LogP contribution in [0.5, 0.6) is 0 Å². The molecule has 0 saturated carbocycles. The lowest BCUT2D eigenvalue weighted by molar-refractivity contribution is 0.185. The zero-order valence-electron chi connectivity index (χ0n) is 13.6. The molecule has 0 unspecified atom stereocenters. The monoisotopic (exact) mass is 317 g/mol. The topological polar surface area (TPSA) is 63.6 Å². The summed E-state index contributed by atoms with van der Waals surface area (Å²) in [6, 6.07) is 1.97.